The quantitative estimate of drug-likeness (QED) is 0.451. The highest BCUT2D eigenvalue weighted by Gasteiger charge is 2.23. The fraction of sp³-hybridized carbons (Fsp3) is 0.286. The Balaban J connectivity index is 1.38. The van der Waals surface area contributed by atoms with Crippen LogP contribution in [0, 0.1) is 10.1 Å². The van der Waals surface area contributed by atoms with Crippen LogP contribution in [0.5, 0.6) is 5.75 Å². The number of para-hydroxylation sites is 2. The zero-order chi connectivity index (χ0) is 20.2. The summed E-state index contributed by atoms with van der Waals surface area (Å²) in [6.07, 6.45) is 0. The summed E-state index contributed by atoms with van der Waals surface area (Å²) in [6, 6.07) is 14.9. The Bertz CT molecular complexity index is 999. The van der Waals surface area contributed by atoms with E-state index in [9.17, 15) is 10.1 Å². The number of anilines is 1. The monoisotopic (exact) mass is 410 g/mol. The first-order valence-electron chi connectivity index (χ1n) is 9.43. The summed E-state index contributed by atoms with van der Waals surface area (Å²) in [5.41, 5.74) is 2.98. The molecule has 0 N–H and O–H groups in total. The number of nitrogens with zero attached hydrogens (tertiary/aromatic N) is 4. The number of thiazole rings is 1. The molecule has 1 aromatic heterocycles. The molecule has 2 aromatic carbocycles. The lowest BCUT2D eigenvalue weighted by Crippen LogP contribution is -2.46. The van der Waals surface area contributed by atoms with Crippen LogP contribution >= 0.6 is 11.3 Å². The summed E-state index contributed by atoms with van der Waals surface area (Å²) in [7, 11) is 1.66. The van der Waals surface area contributed by atoms with E-state index in [1.165, 1.54) is 0 Å². The second kappa shape index (κ2) is 8.59. The lowest BCUT2D eigenvalue weighted by atomic mass is 10.2. The third-order valence-corrected chi connectivity index (χ3v) is 5.99. The zero-order valence-corrected chi connectivity index (χ0v) is 17.0. The van der Waals surface area contributed by atoms with Crippen molar-refractivity contribution in [3.8, 4) is 16.3 Å². The largest absolute Gasteiger partial charge is 0.497 e. The van der Waals surface area contributed by atoms with Crippen molar-refractivity contribution in [2.24, 2.45) is 0 Å². The highest BCUT2D eigenvalue weighted by atomic mass is 32.1. The number of nitro benzene ring substituents is 1. The van der Waals surface area contributed by atoms with E-state index in [0.29, 0.717) is 5.69 Å². The zero-order valence-electron chi connectivity index (χ0n) is 16.2. The molecule has 29 heavy (non-hydrogen) atoms. The minimum atomic E-state index is -0.308. The van der Waals surface area contributed by atoms with Gasteiger partial charge in [-0.3, -0.25) is 15.0 Å². The highest BCUT2D eigenvalue weighted by molar-refractivity contribution is 7.13. The van der Waals surface area contributed by atoms with Crippen LogP contribution in [0.1, 0.15) is 5.69 Å². The van der Waals surface area contributed by atoms with Crippen molar-refractivity contribution < 1.29 is 9.66 Å². The summed E-state index contributed by atoms with van der Waals surface area (Å²) in [5, 5.41) is 14.4. The van der Waals surface area contributed by atoms with Crippen LogP contribution in [-0.2, 0) is 6.54 Å². The first kappa shape index (κ1) is 19.4. The molecule has 1 saturated heterocycles. The fourth-order valence-corrected chi connectivity index (χ4v) is 4.34. The summed E-state index contributed by atoms with van der Waals surface area (Å²) >= 11 is 1.63. The van der Waals surface area contributed by atoms with Gasteiger partial charge in [-0.1, -0.05) is 24.3 Å². The molecule has 0 atom stereocenters. The second-order valence-corrected chi connectivity index (χ2v) is 7.74. The third kappa shape index (κ3) is 4.38. The molecule has 1 aliphatic rings. The number of rotatable bonds is 6. The fourth-order valence-electron chi connectivity index (χ4n) is 3.53. The van der Waals surface area contributed by atoms with Gasteiger partial charge in [-0.2, -0.15) is 0 Å². The second-order valence-electron chi connectivity index (χ2n) is 6.88. The van der Waals surface area contributed by atoms with Gasteiger partial charge < -0.3 is 9.64 Å². The number of aromatic nitrogens is 1. The first-order chi connectivity index (χ1) is 14.1. The number of nitro groups is 1. The van der Waals surface area contributed by atoms with Crippen molar-refractivity contribution in [3.05, 3.63) is 69.7 Å². The molecule has 1 fully saturated rings. The van der Waals surface area contributed by atoms with Gasteiger partial charge in [0.1, 0.15) is 16.4 Å². The molecule has 0 aliphatic carbocycles. The molecule has 1 aliphatic heterocycles. The van der Waals surface area contributed by atoms with Crippen molar-refractivity contribution in [2.75, 3.05) is 38.2 Å². The Morgan fingerprint density at radius 3 is 2.69 bits per heavy atom. The number of methoxy groups -OCH3 is 1. The van der Waals surface area contributed by atoms with Crippen LogP contribution in [0.15, 0.2) is 53.9 Å². The maximum Gasteiger partial charge on any atom is 0.292 e. The molecular weight excluding hydrogens is 388 g/mol. The Morgan fingerprint density at radius 1 is 1.14 bits per heavy atom. The molecular formula is C21H22N4O3S. The third-order valence-electron chi connectivity index (χ3n) is 5.05. The summed E-state index contributed by atoms with van der Waals surface area (Å²) < 4.78 is 5.30. The molecule has 0 radical (unpaired) electrons. The number of hydrogen-bond donors (Lipinski definition) is 0. The van der Waals surface area contributed by atoms with Crippen LogP contribution in [0.4, 0.5) is 11.4 Å². The van der Waals surface area contributed by atoms with Crippen LogP contribution < -0.4 is 9.64 Å². The maximum atomic E-state index is 11.3. The van der Waals surface area contributed by atoms with Gasteiger partial charge in [0.25, 0.3) is 5.69 Å². The maximum absolute atomic E-state index is 11.3. The Labute approximate surface area is 173 Å². The molecule has 3 aromatic rings. The summed E-state index contributed by atoms with van der Waals surface area (Å²) in [4.78, 5) is 20.2. The Kier molecular flexibility index (Phi) is 5.73. The van der Waals surface area contributed by atoms with Crippen LogP contribution in [0.3, 0.4) is 0 Å². The molecule has 0 bridgehead atoms. The van der Waals surface area contributed by atoms with Gasteiger partial charge >= 0.3 is 0 Å². The summed E-state index contributed by atoms with van der Waals surface area (Å²) in [6.45, 7) is 4.00. The number of benzene rings is 2. The number of piperazine rings is 1. The average molecular weight is 410 g/mol. The van der Waals surface area contributed by atoms with E-state index in [1.54, 1.807) is 30.6 Å². The lowest BCUT2D eigenvalue weighted by Gasteiger charge is -2.35. The molecule has 2 heterocycles. The standard InChI is InChI=1S/C21H22N4O3S/c1-28-18-6-4-5-16(13-18)21-22-17(15-29-21)14-23-9-11-24(12-10-23)19-7-2-3-8-20(19)25(26)27/h2-8,13,15H,9-12,14H2,1H3. The Morgan fingerprint density at radius 2 is 1.93 bits per heavy atom. The van der Waals surface area contributed by atoms with Gasteiger partial charge in [0, 0.05) is 49.7 Å². The molecule has 0 amide bonds. The molecule has 0 unspecified atom stereocenters. The minimum Gasteiger partial charge on any atom is -0.497 e. The minimum absolute atomic E-state index is 0.170. The van der Waals surface area contributed by atoms with Gasteiger partial charge in [-0.25, -0.2) is 4.98 Å². The van der Waals surface area contributed by atoms with E-state index < -0.39 is 0 Å². The molecule has 7 nitrogen and oxygen atoms in total. The van der Waals surface area contributed by atoms with Gasteiger partial charge in [-0.15, -0.1) is 11.3 Å². The smallest absolute Gasteiger partial charge is 0.292 e. The first-order valence-corrected chi connectivity index (χ1v) is 10.3. The molecule has 0 saturated carbocycles. The normalized spacial score (nSPS) is 14.7. The summed E-state index contributed by atoms with van der Waals surface area (Å²) in [5.74, 6) is 0.824. The van der Waals surface area contributed by atoms with Gasteiger partial charge in [-0.05, 0) is 18.2 Å². The van der Waals surface area contributed by atoms with Crippen LogP contribution in [0.2, 0.25) is 0 Å². The van der Waals surface area contributed by atoms with E-state index in [4.69, 9.17) is 9.72 Å². The predicted octanol–water partition coefficient (Wildman–Crippen LogP) is 4.05. The van der Waals surface area contributed by atoms with Crippen molar-refractivity contribution in [1.29, 1.82) is 0 Å². The van der Waals surface area contributed by atoms with E-state index in [-0.39, 0.29) is 10.6 Å². The van der Waals surface area contributed by atoms with Gasteiger partial charge in [0.15, 0.2) is 0 Å². The van der Waals surface area contributed by atoms with Crippen molar-refractivity contribution in [3.63, 3.8) is 0 Å². The van der Waals surface area contributed by atoms with E-state index in [2.05, 4.69) is 15.2 Å². The molecule has 8 heteroatoms. The molecule has 4 rings (SSSR count). The van der Waals surface area contributed by atoms with Gasteiger partial charge in [0.2, 0.25) is 0 Å². The van der Waals surface area contributed by atoms with Gasteiger partial charge in [0.05, 0.1) is 17.7 Å². The highest BCUT2D eigenvalue weighted by Crippen LogP contribution is 2.29. The van der Waals surface area contributed by atoms with Crippen LogP contribution in [0.25, 0.3) is 10.6 Å². The number of ether oxygens (including phenoxy) is 1. The van der Waals surface area contributed by atoms with Crippen molar-refractivity contribution in [1.82, 2.24) is 9.88 Å². The van der Waals surface area contributed by atoms with E-state index >= 15 is 0 Å². The van der Waals surface area contributed by atoms with Crippen LogP contribution in [-0.4, -0.2) is 48.1 Å². The molecule has 0 spiro atoms. The lowest BCUT2D eigenvalue weighted by molar-refractivity contribution is -0.384. The average Bonchev–Trinajstić information content (AvgIpc) is 3.23. The van der Waals surface area contributed by atoms with E-state index in [1.807, 2.05) is 36.4 Å². The van der Waals surface area contributed by atoms with E-state index in [0.717, 1.165) is 54.7 Å². The van der Waals surface area contributed by atoms with Crippen molar-refractivity contribution >= 4 is 22.7 Å². The predicted molar refractivity (Wildman–Crippen MR) is 115 cm³/mol. The molecule has 150 valence electrons. The number of hydrogen-bond acceptors (Lipinski definition) is 7. The van der Waals surface area contributed by atoms with Crippen molar-refractivity contribution in [2.45, 2.75) is 6.54 Å². The topological polar surface area (TPSA) is 71.7 Å². The Hall–Kier alpha value is -2.97. The SMILES string of the molecule is COc1cccc(-c2nc(CN3CCN(c4ccccc4[N+](=O)[O-])CC3)cs2)c1.